The number of halogens is 1. The first-order chi connectivity index (χ1) is 19.3. The number of carbonyl (C=O) groups excluding carboxylic acids is 1. The highest BCUT2D eigenvalue weighted by molar-refractivity contribution is 6.05. The van der Waals surface area contributed by atoms with Crippen LogP contribution in [0.5, 0.6) is 0 Å². The zero-order valence-corrected chi connectivity index (χ0v) is 22.2. The highest BCUT2D eigenvalue weighted by Crippen LogP contribution is 2.30. The number of anilines is 1. The maximum atomic E-state index is 14.4. The minimum Gasteiger partial charge on any atom is -0.336 e. The largest absolute Gasteiger partial charge is 0.336 e. The zero-order chi connectivity index (χ0) is 28.0. The molecule has 0 saturated heterocycles. The van der Waals surface area contributed by atoms with Gasteiger partial charge in [-0.05, 0) is 42.5 Å². The van der Waals surface area contributed by atoms with E-state index in [-0.39, 0.29) is 23.5 Å². The molecule has 1 aliphatic carbocycles. The number of nitrogens with one attached hydrogen (secondary N) is 1. The Balaban J connectivity index is 1.30. The number of hydrogen-bond acceptors (Lipinski definition) is 5. The summed E-state index contributed by atoms with van der Waals surface area (Å²) >= 11 is 0. The lowest BCUT2D eigenvalue weighted by atomic mass is 10.1. The first kappa shape index (κ1) is 25.5. The summed E-state index contributed by atoms with van der Waals surface area (Å²) in [4.78, 5) is 48.9. The predicted octanol–water partition coefficient (Wildman–Crippen LogP) is 3.08. The third-order valence-corrected chi connectivity index (χ3v) is 7.29. The van der Waals surface area contributed by atoms with Crippen LogP contribution in [0, 0.1) is 11.7 Å². The summed E-state index contributed by atoms with van der Waals surface area (Å²) in [5.41, 5.74) is 1.92. The molecule has 11 heteroatoms. The minimum absolute atomic E-state index is 0.161. The van der Waals surface area contributed by atoms with Crippen molar-refractivity contribution in [2.75, 3.05) is 11.9 Å². The van der Waals surface area contributed by atoms with Crippen LogP contribution >= 0.6 is 0 Å². The molecule has 40 heavy (non-hydrogen) atoms. The van der Waals surface area contributed by atoms with Crippen LogP contribution in [0.15, 0.2) is 70.5 Å². The maximum Gasteiger partial charge on any atom is 0.333 e. The fourth-order valence-corrected chi connectivity index (χ4v) is 4.83. The van der Waals surface area contributed by atoms with Gasteiger partial charge in [0.1, 0.15) is 17.2 Å². The second-order valence-corrected chi connectivity index (χ2v) is 10.3. The molecule has 204 valence electrons. The molecule has 0 spiro atoms. The molecular formula is C29H28FN7O3. The lowest BCUT2D eigenvalue weighted by molar-refractivity contribution is 0.0993. The molecule has 0 unspecified atom stereocenters. The Hall–Kier alpha value is -4.80. The summed E-state index contributed by atoms with van der Waals surface area (Å²) in [6.07, 6.45) is 5.62. The summed E-state index contributed by atoms with van der Waals surface area (Å²) in [7, 11) is 3.46. The van der Waals surface area contributed by atoms with Crippen molar-refractivity contribution in [2.24, 2.45) is 13.0 Å². The van der Waals surface area contributed by atoms with Gasteiger partial charge < -0.3 is 9.88 Å². The number of imidazole rings is 1. The maximum absolute atomic E-state index is 14.4. The van der Waals surface area contributed by atoms with Crippen LogP contribution in [0.4, 0.5) is 10.1 Å². The minimum atomic E-state index is -0.528. The number of rotatable bonds is 8. The zero-order valence-electron chi connectivity index (χ0n) is 22.2. The van der Waals surface area contributed by atoms with Gasteiger partial charge in [0.15, 0.2) is 5.65 Å². The molecule has 6 rings (SSSR count). The van der Waals surface area contributed by atoms with Crippen molar-refractivity contribution in [3.63, 3.8) is 0 Å². The van der Waals surface area contributed by atoms with Crippen LogP contribution < -0.4 is 16.1 Å². The highest BCUT2D eigenvalue weighted by atomic mass is 19.1. The van der Waals surface area contributed by atoms with Gasteiger partial charge in [-0.1, -0.05) is 30.3 Å². The number of aromatic amines is 1. The van der Waals surface area contributed by atoms with Crippen LogP contribution in [-0.2, 0) is 26.6 Å². The Morgan fingerprint density at radius 2 is 1.85 bits per heavy atom. The van der Waals surface area contributed by atoms with E-state index in [0.29, 0.717) is 35.9 Å². The van der Waals surface area contributed by atoms with Gasteiger partial charge in [0.25, 0.3) is 11.5 Å². The number of aryl methyl sites for hydroxylation is 1. The van der Waals surface area contributed by atoms with Crippen LogP contribution in [0.25, 0.3) is 11.2 Å². The van der Waals surface area contributed by atoms with E-state index in [1.807, 2.05) is 24.3 Å². The van der Waals surface area contributed by atoms with E-state index in [9.17, 15) is 18.8 Å². The number of nitrogens with zero attached hydrogens (tertiary/aromatic N) is 6. The lowest BCUT2D eigenvalue weighted by Crippen LogP contribution is -2.40. The molecule has 2 aromatic carbocycles. The molecule has 10 nitrogen and oxygen atoms in total. The molecule has 1 aliphatic rings. The van der Waals surface area contributed by atoms with Gasteiger partial charge in [0.2, 0.25) is 0 Å². The number of hydrogen-bond donors (Lipinski definition) is 1. The Labute approximate surface area is 228 Å². The Morgan fingerprint density at radius 3 is 2.52 bits per heavy atom. The van der Waals surface area contributed by atoms with E-state index >= 15 is 0 Å². The first-order valence-corrected chi connectivity index (χ1v) is 13.1. The SMILES string of the molecule is CN(C(=O)c1cnn(C)c1)c1ccc(Cc2nc3c([nH]2)c(=O)n(Cc2ccccc2F)c(=O)n3CC2CC2)cc1. The van der Waals surface area contributed by atoms with Crippen molar-refractivity contribution >= 4 is 22.8 Å². The third kappa shape index (κ3) is 4.86. The molecule has 3 heterocycles. The first-order valence-electron chi connectivity index (χ1n) is 13.1. The lowest BCUT2D eigenvalue weighted by Gasteiger charge is -2.16. The van der Waals surface area contributed by atoms with E-state index < -0.39 is 17.1 Å². The van der Waals surface area contributed by atoms with Crippen molar-refractivity contribution in [1.29, 1.82) is 0 Å². The molecule has 0 atom stereocenters. The van der Waals surface area contributed by atoms with Crippen molar-refractivity contribution in [3.05, 3.63) is 110 Å². The molecule has 3 aromatic heterocycles. The van der Waals surface area contributed by atoms with E-state index in [1.165, 1.54) is 16.8 Å². The molecule has 0 bridgehead atoms. The normalized spacial score (nSPS) is 13.2. The fraction of sp³-hybridized carbons (Fsp3) is 0.276. The summed E-state index contributed by atoms with van der Waals surface area (Å²) in [6, 6.07) is 13.6. The van der Waals surface area contributed by atoms with E-state index in [1.54, 1.807) is 48.1 Å². The summed E-state index contributed by atoms with van der Waals surface area (Å²) in [5.74, 6) is 0.259. The smallest absolute Gasteiger partial charge is 0.333 e. The van der Waals surface area contributed by atoms with Crippen LogP contribution in [0.1, 0.15) is 40.2 Å². The second kappa shape index (κ2) is 10.1. The van der Waals surface area contributed by atoms with Gasteiger partial charge in [0, 0.05) is 44.5 Å². The molecule has 1 amide bonds. The van der Waals surface area contributed by atoms with Crippen LogP contribution in [0.2, 0.25) is 0 Å². The fourth-order valence-electron chi connectivity index (χ4n) is 4.83. The van der Waals surface area contributed by atoms with Crippen molar-refractivity contribution in [3.8, 4) is 0 Å². The van der Waals surface area contributed by atoms with E-state index in [0.717, 1.165) is 28.7 Å². The molecule has 1 fully saturated rings. The number of carbonyl (C=O) groups is 1. The quantitative estimate of drug-likeness (QED) is 0.325. The standard InChI is InChI=1S/C29H28FN7O3/c1-34-16-21(14-31-34)27(38)35(2)22-11-9-18(10-12-22)13-24-32-25-26(33-24)36(15-19-7-8-19)29(40)37(28(25)39)17-20-5-3-4-6-23(20)30/h3-6,9-12,14,16,19H,7-8,13,15,17H2,1-2H3,(H,32,33). The van der Waals surface area contributed by atoms with Gasteiger partial charge in [-0.15, -0.1) is 0 Å². The second-order valence-electron chi connectivity index (χ2n) is 10.3. The predicted molar refractivity (Wildman–Crippen MR) is 148 cm³/mol. The highest BCUT2D eigenvalue weighted by Gasteiger charge is 2.26. The number of benzene rings is 2. The van der Waals surface area contributed by atoms with Crippen LogP contribution in [-0.4, -0.2) is 41.8 Å². The molecule has 0 aliphatic heterocycles. The molecule has 1 saturated carbocycles. The number of amides is 1. The van der Waals surface area contributed by atoms with Gasteiger partial charge in [0.05, 0.1) is 18.3 Å². The molecule has 5 aromatic rings. The van der Waals surface area contributed by atoms with Gasteiger partial charge in [-0.3, -0.25) is 23.4 Å². The number of fused-ring (bicyclic) bond motifs is 1. The third-order valence-electron chi connectivity index (χ3n) is 7.29. The van der Waals surface area contributed by atoms with Gasteiger partial charge in [-0.2, -0.15) is 5.10 Å². The van der Waals surface area contributed by atoms with Crippen molar-refractivity contribution in [2.45, 2.75) is 32.4 Å². The van der Waals surface area contributed by atoms with Crippen molar-refractivity contribution < 1.29 is 9.18 Å². The number of H-pyrrole nitrogens is 1. The Morgan fingerprint density at radius 1 is 1.10 bits per heavy atom. The average Bonchev–Trinajstić information content (AvgIpc) is 3.51. The topological polar surface area (TPSA) is 111 Å². The average molecular weight is 542 g/mol. The Kier molecular flexibility index (Phi) is 6.41. The van der Waals surface area contributed by atoms with E-state index in [2.05, 4.69) is 15.1 Å². The van der Waals surface area contributed by atoms with Gasteiger partial charge >= 0.3 is 5.69 Å². The summed E-state index contributed by atoms with van der Waals surface area (Å²) < 4.78 is 18.6. The monoisotopic (exact) mass is 541 g/mol. The summed E-state index contributed by atoms with van der Waals surface area (Å²) in [6.45, 7) is 0.301. The summed E-state index contributed by atoms with van der Waals surface area (Å²) in [5, 5.41) is 4.06. The van der Waals surface area contributed by atoms with Crippen LogP contribution in [0.3, 0.4) is 0 Å². The molecular weight excluding hydrogens is 513 g/mol. The number of aromatic nitrogens is 6. The van der Waals surface area contributed by atoms with Gasteiger partial charge in [-0.25, -0.2) is 14.2 Å². The Bertz CT molecular complexity index is 1840. The molecule has 1 N–H and O–H groups in total. The molecule has 0 radical (unpaired) electrons. The van der Waals surface area contributed by atoms with E-state index in [4.69, 9.17) is 0 Å². The van der Waals surface area contributed by atoms with Crippen molar-refractivity contribution in [1.82, 2.24) is 28.9 Å².